The molecule has 1 unspecified atom stereocenters. The topological polar surface area (TPSA) is 102 Å². The molecular weight excluding hydrogens is 286 g/mol. The Morgan fingerprint density at radius 1 is 1.14 bits per heavy atom. The summed E-state index contributed by atoms with van der Waals surface area (Å²) in [6.07, 6.45) is 0.593. The van der Waals surface area contributed by atoms with Gasteiger partial charge >= 0.3 is 0 Å². The van der Waals surface area contributed by atoms with Crippen molar-refractivity contribution in [2.24, 2.45) is 22.5 Å². The van der Waals surface area contributed by atoms with Crippen LogP contribution in [0.3, 0.4) is 0 Å². The van der Waals surface area contributed by atoms with Gasteiger partial charge in [0, 0.05) is 5.02 Å². The molecule has 7 N–H and O–H groups in total. The first kappa shape index (κ1) is 15.3. The maximum atomic E-state index is 6.00. The summed E-state index contributed by atoms with van der Waals surface area (Å²) in [5.74, 6) is 10.9. The van der Waals surface area contributed by atoms with Crippen molar-refractivity contribution in [2.45, 2.75) is 12.5 Å². The predicted molar refractivity (Wildman–Crippen MR) is 87.5 cm³/mol. The van der Waals surface area contributed by atoms with Gasteiger partial charge in [0.05, 0.1) is 6.04 Å². The van der Waals surface area contributed by atoms with Crippen LogP contribution in [0.4, 0.5) is 0 Å². The highest BCUT2D eigenvalue weighted by atomic mass is 35.5. The van der Waals surface area contributed by atoms with E-state index in [4.69, 9.17) is 29.0 Å². The highest BCUT2D eigenvalue weighted by Crippen LogP contribution is 2.23. The lowest BCUT2D eigenvalue weighted by Gasteiger charge is -2.13. The van der Waals surface area contributed by atoms with Gasteiger partial charge in [0.15, 0.2) is 5.84 Å². The van der Waals surface area contributed by atoms with E-state index in [-0.39, 0.29) is 6.04 Å². The Labute approximate surface area is 128 Å². The number of amidine groups is 1. The van der Waals surface area contributed by atoms with Gasteiger partial charge in [-0.05, 0) is 35.2 Å². The molecule has 0 aliphatic heterocycles. The summed E-state index contributed by atoms with van der Waals surface area (Å²) in [5.41, 5.74) is 11.6. The zero-order valence-corrected chi connectivity index (χ0v) is 12.2. The highest BCUT2D eigenvalue weighted by Gasteiger charge is 2.10. The van der Waals surface area contributed by atoms with Crippen LogP contribution in [0.15, 0.2) is 53.6 Å². The fourth-order valence-electron chi connectivity index (χ4n) is 2.09. The van der Waals surface area contributed by atoms with Gasteiger partial charge in [-0.15, -0.1) is 0 Å². The minimum absolute atomic E-state index is 0.364. The van der Waals surface area contributed by atoms with Crippen molar-refractivity contribution in [3.8, 4) is 11.1 Å². The SMILES string of the molecule is N/N=C(/NN)C(N)Cc1ccc(-c2cccc(Cl)c2)cc1. The maximum absolute atomic E-state index is 6.00. The lowest BCUT2D eigenvalue weighted by molar-refractivity contribution is 0.793. The highest BCUT2D eigenvalue weighted by molar-refractivity contribution is 6.30. The first-order chi connectivity index (χ1) is 10.1. The zero-order valence-electron chi connectivity index (χ0n) is 11.5. The van der Waals surface area contributed by atoms with Gasteiger partial charge in [-0.2, -0.15) is 5.10 Å². The molecule has 1 atom stereocenters. The number of rotatable bonds is 4. The van der Waals surface area contributed by atoms with Crippen LogP contribution in [-0.2, 0) is 6.42 Å². The Bertz CT molecular complexity index is 624. The number of hydrazone groups is 1. The largest absolute Gasteiger partial charge is 0.321 e. The molecule has 6 heteroatoms. The number of nitrogens with zero attached hydrogens (tertiary/aromatic N) is 1. The summed E-state index contributed by atoms with van der Waals surface area (Å²) >= 11 is 6.00. The molecule has 5 nitrogen and oxygen atoms in total. The molecule has 2 aromatic carbocycles. The summed E-state index contributed by atoms with van der Waals surface area (Å²) in [4.78, 5) is 0. The average Bonchev–Trinajstić information content (AvgIpc) is 2.49. The van der Waals surface area contributed by atoms with Crippen LogP contribution in [0, 0.1) is 0 Å². The molecule has 0 heterocycles. The van der Waals surface area contributed by atoms with Crippen molar-refractivity contribution in [3.63, 3.8) is 0 Å². The molecule has 2 rings (SSSR count). The van der Waals surface area contributed by atoms with Crippen LogP contribution in [0.25, 0.3) is 11.1 Å². The second kappa shape index (κ2) is 7.08. The Morgan fingerprint density at radius 3 is 2.43 bits per heavy atom. The third-order valence-electron chi connectivity index (χ3n) is 3.21. The molecule has 0 aliphatic rings. The van der Waals surface area contributed by atoms with Gasteiger partial charge in [-0.25, -0.2) is 5.84 Å². The van der Waals surface area contributed by atoms with Gasteiger partial charge in [0.2, 0.25) is 0 Å². The fraction of sp³-hybridized carbons (Fsp3) is 0.133. The quantitative estimate of drug-likeness (QED) is 0.298. The number of benzene rings is 2. The smallest absolute Gasteiger partial charge is 0.153 e. The van der Waals surface area contributed by atoms with Crippen LogP contribution in [0.2, 0.25) is 5.02 Å². The summed E-state index contributed by atoms with van der Waals surface area (Å²) in [6, 6.07) is 15.5. The second-order valence-corrected chi connectivity index (χ2v) is 5.11. The van der Waals surface area contributed by atoms with E-state index in [2.05, 4.69) is 10.5 Å². The van der Waals surface area contributed by atoms with E-state index in [1.54, 1.807) is 0 Å². The van der Waals surface area contributed by atoms with Crippen molar-refractivity contribution < 1.29 is 0 Å². The lowest BCUT2D eigenvalue weighted by Crippen LogP contribution is -2.46. The van der Waals surface area contributed by atoms with Crippen molar-refractivity contribution in [1.29, 1.82) is 0 Å². The first-order valence-corrected chi connectivity index (χ1v) is 6.86. The zero-order chi connectivity index (χ0) is 15.2. The van der Waals surface area contributed by atoms with Crippen molar-refractivity contribution in [2.75, 3.05) is 0 Å². The first-order valence-electron chi connectivity index (χ1n) is 6.49. The molecular formula is C15H18ClN5. The number of hydrogen-bond acceptors (Lipinski definition) is 4. The molecule has 110 valence electrons. The molecule has 0 aliphatic carbocycles. The third-order valence-corrected chi connectivity index (χ3v) is 3.44. The van der Waals surface area contributed by atoms with Crippen molar-refractivity contribution in [3.05, 3.63) is 59.1 Å². The Balaban J connectivity index is 2.12. The van der Waals surface area contributed by atoms with Gasteiger partial charge in [0.1, 0.15) is 0 Å². The Kier molecular flexibility index (Phi) is 5.16. The van der Waals surface area contributed by atoms with Crippen molar-refractivity contribution in [1.82, 2.24) is 5.43 Å². The molecule has 0 aromatic heterocycles. The Hall–Kier alpha value is -2.08. The summed E-state index contributed by atoms with van der Waals surface area (Å²) in [6.45, 7) is 0. The molecule has 0 bridgehead atoms. The molecule has 0 fully saturated rings. The number of hydrazine groups is 1. The summed E-state index contributed by atoms with van der Waals surface area (Å²) < 4.78 is 0. The van der Waals surface area contributed by atoms with Gasteiger partial charge in [0.25, 0.3) is 0 Å². The van der Waals surface area contributed by atoms with E-state index in [1.165, 1.54) is 0 Å². The van der Waals surface area contributed by atoms with Crippen LogP contribution >= 0.6 is 11.6 Å². The summed E-state index contributed by atoms with van der Waals surface area (Å²) in [7, 11) is 0. The molecule has 0 spiro atoms. The van der Waals surface area contributed by atoms with E-state index < -0.39 is 0 Å². The lowest BCUT2D eigenvalue weighted by atomic mass is 10.0. The van der Waals surface area contributed by atoms with Crippen LogP contribution in [0.1, 0.15) is 5.56 Å². The monoisotopic (exact) mass is 303 g/mol. The third kappa shape index (κ3) is 3.95. The maximum Gasteiger partial charge on any atom is 0.153 e. The van der Waals surface area contributed by atoms with Gasteiger partial charge in [-0.1, -0.05) is 48.0 Å². The van der Waals surface area contributed by atoms with Crippen LogP contribution < -0.4 is 22.8 Å². The normalized spacial score (nSPS) is 13.0. The molecule has 0 radical (unpaired) electrons. The number of hydrogen-bond donors (Lipinski definition) is 4. The predicted octanol–water partition coefficient (Wildman–Crippen LogP) is 1.61. The minimum Gasteiger partial charge on any atom is -0.321 e. The van der Waals surface area contributed by atoms with Crippen LogP contribution in [0.5, 0.6) is 0 Å². The molecule has 21 heavy (non-hydrogen) atoms. The fourth-order valence-corrected chi connectivity index (χ4v) is 2.28. The molecule has 0 amide bonds. The van der Waals surface area contributed by atoms with Gasteiger partial charge < -0.3 is 17.0 Å². The second-order valence-electron chi connectivity index (χ2n) is 4.68. The van der Waals surface area contributed by atoms with Crippen molar-refractivity contribution >= 4 is 17.4 Å². The van der Waals surface area contributed by atoms with Crippen LogP contribution in [-0.4, -0.2) is 11.9 Å². The van der Waals surface area contributed by atoms with E-state index in [0.29, 0.717) is 12.3 Å². The van der Waals surface area contributed by atoms with E-state index in [1.807, 2.05) is 48.5 Å². The van der Waals surface area contributed by atoms with E-state index in [9.17, 15) is 0 Å². The number of halogens is 1. The summed E-state index contributed by atoms with van der Waals surface area (Å²) in [5, 5.41) is 4.24. The van der Waals surface area contributed by atoms with E-state index in [0.717, 1.165) is 21.7 Å². The molecule has 0 saturated heterocycles. The number of nitrogens with two attached hydrogens (primary N) is 3. The standard InChI is InChI=1S/C15H18ClN5/c16-13-3-1-2-12(9-13)11-6-4-10(5-7-11)8-14(17)15(20-18)21-19/h1-7,9,14H,8,17-19H2,(H,20,21). The van der Waals surface area contributed by atoms with Gasteiger partial charge in [-0.3, -0.25) is 0 Å². The number of nitrogens with one attached hydrogen (secondary N) is 1. The molecule has 0 saturated carbocycles. The minimum atomic E-state index is -0.364. The van der Waals surface area contributed by atoms with E-state index >= 15 is 0 Å². The molecule has 2 aromatic rings. The average molecular weight is 304 g/mol. The Morgan fingerprint density at radius 2 is 1.86 bits per heavy atom.